The van der Waals surface area contributed by atoms with Gasteiger partial charge in [-0.25, -0.2) is 0 Å². The molecule has 0 aromatic carbocycles. The molecule has 2 radical (unpaired) electrons. The molecule has 10 heteroatoms. The number of H-pyrrole nitrogens is 1. The molecule has 0 amide bonds. The molecule has 0 aliphatic heterocycles. The van der Waals surface area contributed by atoms with Gasteiger partial charge in [0.15, 0.2) is 11.6 Å². The first-order valence-electron chi connectivity index (χ1n) is 17.7. The van der Waals surface area contributed by atoms with Crippen LogP contribution in [0.2, 0.25) is 0 Å². The second-order valence-corrected chi connectivity index (χ2v) is 10.5. The zero-order valence-electron chi connectivity index (χ0n) is 32.2. The Morgan fingerprint density at radius 1 is 0.667 bits per heavy atom. The van der Waals surface area contributed by atoms with Crippen LogP contribution in [-0.2, 0) is 7.05 Å². The first kappa shape index (κ1) is 61.7. The van der Waals surface area contributed by atoms with E-state index in [1.807, 2.05) is 67.5 Å². The summed E-state index contributed by atoms with van der Waals surface area (Å²) in [4.78, 5) is 50.0. The first-order chi connectivity index (χ1) is 22.6. The van der Waals surface area contributed by atoms with Gasteiger partial charge in [0.2, 0.25) is 0 Å². The summed E-state index contributed by atoms with van der Waals surface area (Å²) >= 11 is 0. The van der Waals surface area contributed by atoms with Crippen molar-refractivity contribution in [1.82, 2.24) is 9.55 Å². The van der Waals surface area contributed by atoms with Crippen molar-refractivity contribution in [3.05, 3.63) is 79.7 Å². The molecule has 2 aromatic heterocycles. The molecular formula is C41H70La2N2O6-2. The van der Waals surface area contributed by atoms with Crippen LogP contribution in [0.15, 0.2) is 33.9 Å². The van der Waals surface area contributed by atoms with Crippen LogP contribution in [0.4, 0.5) is 0 Å². The number of carbonyl (C=O) groups is 2. The van der Waals surface area contributed by atoms with Crippen LogP contribution in [0.3, 0.4) is 0 Å². The molecule has 8 nitrogen and oxygen atoms in total. The van der Waals surface area contributed by atoms with Crippen molar-refractivity contribution < 1.29 is 91.0 Å². The van der Waals surface area contributed by atoms with Gasteiger partial charge in [-0.05, 0) is 56.7 Å². The SMILES string of the molecule is C.C.CC.CC.CC.CC.Cc1[c-][nH]c(=O)c(C(=O)/C=C/C2CCCCC2)c1O.Cc1[c-]n(C)c(=O)c(C(=O)/C=C/C2CCCCC2)c1O.[La].[La]. The van der Waals surface area contributed by atoms with Crippen LogP contribution in [0, 0.1) is 109 Å². The van der Waals surface area contributed by atoms with E-state index in [0.29, 0.717) is 23.0 Å². The summed E-state index contributed by atoms with van der Waals surface area (Å²) in [7, 11) is 1.52. The Labute approximate surface area is 367 Å². The van der Waals surface area contributed by atoms with E-state index in [0.717, 1.165) is 25.7 Å². The predicted molar refractivity (Wildman–Crippen MR) is 208 cm³/mol. The van der Waals surface area contributed by atoms with Crippen LogP contribution in [0.5, 0.6) is 11.5 Å². The zero-order valence-corrected chi connectivity index (χ0v) is 39.4. The fourth-order valence-electron chi connectivity index (χ4n) is 5.10. The van der Waals surface area contributed by atoms with Crippen molar-refractivity contribution in [2.24, 2.45) is 18.9 Å². The molecule has 0 spiro atoms. The molecular weight excluding hydrogens is 894 g/mol. The fraction of sp³-hybridized carbons (Fsp3) is 0.610. The number of rotatable bonds is 6. The van der Waals surface area contributed by atoms with E-state index in [-0.39, 0.29) is 109 Å². The Bertz CT molecular complexity index is 1370. The number of ketones is 2. The fourth-order valence-corrected chi connectivity index (χ4v) is 5.10. The van der Waals surface area contributed by atoms with E-state index in [2.05, 4.69) is 17.4 Å². The van der Waals surface area contributed by atoms with Crippen molar-refractivity contribution in [3.63, 3.8) is 0 Å². The number of nitrogens with one attached hydrogen (secondary N) is 1. The Morgan fingerprint density at radius 3 is 1.41 bits per heavy atom. The number of aromatic hydroxyl groups is 2. The minimum absolute atomic E-state index is 0. The van der Waals surface area contributed by atoms with Gasteiger partial charge < -0.3 is 29.4 Å². The van der Waals surface area contributed by atoms with Crippen LogP contribution >= 0.6 is 0 Å². The number of aromatic nitrogens is 2. The maximum Gasteiger partial charge on any atom is 0.170 e. The number of hydrogen-bond acceptors (Lipinski definition) is 6. The van der Waals surface area contributed by atoms with E-state index in [1.54, 1.807) is 13.8 Å². The molecule has 2 aromatic rings. The summed E-state index contributed by atoms with van der Waals surface area (Å²) in [6.07, 6.45) is 23.4. The average molecular weight is 965 g/mol. The Morgan fingerprint density at radius 2 is 1.02 bits per heavy atom. The third-order valence-corrected chi connectivity index (χ3v) is 7.46. The molecule has 2 heterocycles. The van der Waals surface area contributed by atoms with Crippen LogP contribution in [0.25, 0.3) is 0 Å². The maximum atomic E-state index is 12.2. The number of hydrogen-bond donors (Lipinski definition) is 3. The van der Waals surface area contributed by atoms with Crippen molar-refractivity contribution >= 4 is 11.6 Å². The number of aryl methyl sites for hydroxylation is 3. The third-order valence-electron chi connectivity index (χ3n) is 7.46. The maximum absolute atomic E-state index is 12.2. The molecule has 2 aliphatic rings. The van der Waals surface area contributed by atoms with Crippen LogP contribution < -0.4 is 11.1 Å². The molecule has 3 N–H and O–H groups in total. The molecule has 288 valence electrons. The van der Waals surface area contributed by atoms with Gasteiger partial charge in [0, 0.05) is 93.8 Å². The monoisotopic (exact) mass is 964 g/mol. The van der Waals surface area contributed by atoms with Crippen molar-refractivity contribution in [2.45, 2.75) is 148 Å². The van der Waals surface area contributed by atoms with Gasteiger partial charge in [-0.2, -0.15) is 0 Å². The molecule has 0 atom stereocenters. The van der Waals surface area contributed by atoms with Gasteiger partial charge >= 0.3 is 0 Å². The third kappa shape index (κ3) is 21.9. The summed E-state index contributed by atoms with van der Waals surface area (Å²) < 4.78 is 1.21. The van der Waals surface area contributed by atoms with Crippen LogP contribution in [0.1, 0.15) is 166 Å². The summed E-state index contributed by atoms with van der Waals surface area (Å²) in [5, 5.41) is 19.7. The van der Waals surface area contributed by atoms with E-state index < -0.39 is 22.7 Å². The number of pyridine rings is 2. The molecule has 51 heavy (non-hydrogen) atoms. The molecule has 2 saturated carbocycles. The second-order valence-electron chi connectivity index (χ2n) is 10.5. The van der Waals surface area contributed by atoms with Gasteiger partial charge in [0.05, 0.1) is 0 Å². The van der Waals surface area contributed by atoms with E-state index in [4.69, 9.17) is 0 Å². The van der Waals surface area contributed by atoms with Crippen molar-refractivity contribution in [2.75, 3.05) is 0 Å². The van der Waals surface area contributed by atoms with E-state index >= 15 is 0 Å². The number of aromatic amines is 1. The molecule has 0 saturated heterocycles. The molecule has 4 rings (SSSR count). The summed E-state index contributed by atoms with van der Waals surface area (Å²) in [6.45, 7) is 19.2. The molecule has 2 aliphatic carbocycles. The Kier molecular flexibility index (Phi) is 44.8. The van der Waals surface area contributed by atoms with Gasteiger partial charge in [0.25, 0.3) is 0 Å². The quantitative estimate of drug-likeness (QED) is 0.150. The van der Waals surface area contributed by atoms with Gasteiger partial charge in [-0.3, -0.25) is 9.59 Å². The largest absolute Gasteiger partial charge is 0.565 e. The Balaban J connectivity index is -0.000000156. The van der Waals surface area contributed by atoms with Gasteiger partial charge in [-0.1, -0.05) is 147 Å². The number of allylic oxidation sites excluding steroid dienone is 4. The summed E-state index contributed by atoms with van der Waals surface area (Å²) in [5.41, 5.74) is -0.678. The minimum Gasteiger partial charge on any atom is -0.565 e. The van der Waals surface area contributed by atoms with E-state index in [9.17, 15) is 29.4 Å². The van der Waals surface area contributed by atoms with Crippen molar-refractivity contribution in [1.29, 1.82) is 0 Å². The number of carbonyl (C=O) groups excluding carboxylic acids is 2. The topological polar surface area (TPSA) is 129 Å². The molecule has 2 fully saturated rings. The summed E-state index contributed by atoms with van der Waals surface area (Å²) in [5.74, 6) is -0.578. The van der Waals surface area contributed by atoms with Gasteiger partial charge in [-0.15, -0.1) is 11.1 Å². The van der Waals surface area contributed by atoms with Gasteiger partial charge in [0.1, 0.15) is 11.1 Å². The smallest absolute Gasteiger partial charge is 0.170 e. The summed E-state index contributed by atoms with van der Waals surface area (Å²) in [6, 6.07) is 0. The average Bonchev–Trinajstić information content (AvgIpc) is 3.12. The van der Waals surface area contributed by atoms with Crippen molar-refractivity contribution in [3.8, 4) is 11.5 Å². The normalized spacial score (nSPS) is 13.3. The molecule has 0 bridgehead atoms. The number of nitrogens with zero attached hydrogens (tertiary/aromatic N) is 1. The van der Waals surface area contributed by atoms with Crippen LogP contribution in [-0.4, -0.2) is 31.3 Å². The second kappa shape index (κ2) is 37.0. The van der Waals surface area contributed by atoms with E-state index in [1.165, 1.54) is 62.3 Å². The molecule has 0 unspecified atom stereocenters. The predicted octanol–water partition coefficient (Wildman–Crippen LogP) is 10.4. The standard InChI is InChI=1S/C16H20NO3.C15H18NO3.4C2H6.2CH4.2La/c1-11-10-17(2)16(20)14(15(11)19)13(18)9-8-12-6-4-3-5-7-12;1-10-9-16-15(19)13(14(10)18)12(17)8-7-11-5-3-2-4-6-11;4*1-2;;;;/h8-9,12,19H,3-7H2,1-2H3;7-8,11H,2-6H2,1H3,(H2,16,18,19);4*1-2H3;2*1H4;;/q2*-1;;;;;;;;/b9-8+;8-7+;;;;;;;;. The first-order valence-corrected chi connectivity index (χ1v) is 17.7. The zero-order chi connectivity index (χ0) is 36.5. The minimum atomic E-state index is -0.596. The Hall–Kier alpha value is -1.29.